The number of aryl methyl sites for hydroxylation is 2. The largest absolute Gasteiger partial charge is 0.416 e. The van der Waals surface area contributed by atoms with Gasteiger partial charge in [0.05, 0.1) is 29.2 Å². The summed E-state index contributed by atoms with van der Waals surface area (Å²) in [7, 11) is 0. The fourth-order valence-electron chi connectivity index (χ4n) is 4.38. The zero-order chi connectivity index (χ0) is 25.2. The summed E-state index contributed by atoms with van der Waals surface area (Å²) in [6.07, 6.45) is -4.32. The summed E-state index contributed by atoms with van der Waals surface area (Å²) in [5.74, 6) is 0. The Hall–Kier alpha value is -2.91. The van der Waals surface area contributed by atoms with E-state index in [1.165, 1.54) is 23.3 Å². The van der Waals surface area contributed by atoms with Gasteiger partial charge in [0, 0.05) is 32.7 Å². The number of rotatable bonds is 5. The Morgan fingerprint density at radius 1 is 0.971 bits per heavy atom. The predicted octanol–water partition coefficient (Wildman–Crippen LogP) is 5.39. The van der Waals surface area contributed by atoms with Crippen molar-refractivity contribution >= 4 is 23.0 Å². The van der Waals surface area contributed by atoms with Gasteiger partial charge in [0.25, 0.3) is 0 Å². The van der Waals surface area contributed by atoms with E-state index in [-0.39, 0.29) is 0 Å². The van der Waals surface area contributed by atoms with E-state index in [4.69, 9.17) is 17.3 Å². The van der Waals surface area contributed by atoms with Gasteiger partial charge in [-0.15, -0.1) is 0 Å². The number of nitrogens with one attached hydrogen (secondary N) is 1. The summed E-state index contributed by atoms with van der Waals surface area (Å²) in [4.78, 5) is 4.26. The molecule has 2 aromatic carbocycles. The number of hydrogen-bond donors (Lipinski definition) is 1. The molecule has 3 aromatic rings. The zero-order valence-corrected chi connectivity index (χ0v) is 21.0. The minimum atomic E-state index is -4.32. The van der Waals surface area contributed by atoms with E-state index in [0.717, 1.165) is 36.2 Å². The molecule has 2 heterocycles. The van der Waals surface area contributed by atoms with Gasteiger partial charge in [0.2, 0.25) is 0 Å². The normalized spacial score (nSPS) is 14.9. The zero-order valence-electron chi connectivity index (χ0n) is 20.2. The lowest BCUT2D eigenvalue weighted by Crippen LogP contribution is -2.49. The lowest BCUT2D eigenvalue weighted by Gasteiger charge is -2.36. The Bertz CT molecular complexity index is 1200. The van der Waals surface area contributed by atoms with Crippen LogP contribution in [0.3, 0.4) is 0 Å². The van der Waals surface area contributed by atoms with Crippen LogP contribution < -0.4 is 5.32 Å². The number of anilines is 1. The highest BCUT2D eigenvalue weighted by Gasteiger charge is 2.30. The topological polar surface area (TPSA) is 36.3 Å². The molecule has 1 aromatic heterocycles. The van der Waals surface area contributed by atoms with E-state index < -0.39 is 11.7 Å². The molecule has 4 rings (SSSR count). The summed E-state index contributed by atoms with van der Waals surface area (Å²) in [5, 5.41) is 8.75. The fraction of sp³-hybridized carbons (Fsp3) is 0.385. The van der Waals surface area contributed by atoms with E-state index in [9.17, 15) is 13.2 Å². The highest BCUT2D eigenvalue weighted by Crippen LogP contribution is 2.30. The first-order valence-electron chi connectivity index (χ1n) is 11.6. The predicted molar refractivity (Wildman–Crippen MR) is 136 cm³/mol. The molecule has 1 aliphatic rings. The van der Waals surface area contributed by atoms with Crippen LogP contribution in [0.25, 0.3) is 0 Å². The van der Waals surface area contributed by atoms with Crippen molar-refractivity contribution in [1.29, 1.82) is 0 Å². The molecule has 1 fully saturated rings. The number of hydrogen-bond acceptors (Lipinski definition) is 3. The van der Waals surface area contributed by atoms with E-state index in [1.807, 2.05) is 30.7 Å². The van der Waals surface area contributed by atoms with Crippen LogP contribution >= 0.6 is 12.2 Å². The minimum absolute atomic E-state index is 0.488. The molecule has 1 saturated heterocycles. The van der Waals surface area contributed by atoms with E-state index >= 15 is 0 Å². The van der Waals surface area contributed by atoms with Crippen LogP contribution in [0, 0.1) is 20.8 Å². The second kappa shape index (κ2) is 10.4. The van der Waals surface area contributed by atoms with Crippen molar-refractivity contribution in [3.05, 3.63) is 82.2 Å². The summed E-state index contributed by atoms with van der Waals surface area (Å²) >= 11 is 5.70. The van der Waals surface area contributed by atoms with E-state index in [0.29, 0.717) is 36.9 Å². The second-order valence-corrected chi connectivity index (χ2v) is 9.41. The fourth-order valence-corrected chi connectivity index (χ4v) is 4.66. The highest BCUT2D eigenvalue weighted by atomic mass is 32.1. The molecule has 186 valence electrons. The Morgan fingerprint density at radius 2 is 1.69 bits per heavy atom. The number of thiocarbonyl (C=S) groups is 1. The van der Waals surface area contributed by atoms with Crippen LogP contribution in [0.5, 0.6) is 0 Å². The first kappa shape index (κ1) is 25.2. The van der Waals surface area contributed by atoms with Gasteiger partial charge < -0.3 is 10.2 Å². The molecular formula is C26H30F3N5S. The third kappa shape index (κ3) is 6.02. The Labute approximate surface area is 209 Å². The van der Waals surface area contributed by atoms with Gasteiger partial charge in [-0.1, -0.05) is 42.5 Å². The van der Waals surface area contributed by atoms with E-state index in [2.05, 4.69) is 34.2 Å². The maximum atomic E-state index is 13.0. The lowest BCUT2D eigenvalue weighted by atomic mass is 10.1. The smallest absolute Gasteiger partial charge is 0.346 e. The number of benzene rings is 2. The number of nitrogens with zero attached hydrogens (tertiary/aromatic N) is 4. The van der Waals surface area contributed by atoms with E-state index in [1.54, 1.807) is 6.07 Å². The van der Waals surface area contributed by atoms with Crippen molar-refractivity contribution in [3.8, 4) is 0 Å². The SMILES string of the molecule is Cc1ccccc1Cn1nc(C)c(NC(=S)N2CCN(Cc3cccc(C(F)(F)F)c3)CC2)c1C. The number of alkyl halides is 3. The molecule has 5 nitrogen and oxygen atoms in total. The van der Waals surface area contributed by atoms with Gasteiger partial charge in [-0.2, -0.15) is 18.3 Å². The van der Waals surface area contributed by atoms with Crippen LogP contribution in [0.4, 0.5) is 18.9 Å². The molecule has 9 heteroatoms. The van der Waals surface area contributed by atoms with Crippen LogP contribution in [-0.4, -0.2) is 50.9 Å². The lowest BCUT2D eigenvalue weighted by molar-refractivity contribution is -0.137. The van der Waals surface area contributed by atoms with Crippen molar-refractivity contribution in [2.45, 2.75) is 40.0 Å². The number of aromatic nitrogens is 2. The second-order valence-electron chi connectivity index (χ2n) is 9.02. The third-order valence-corrected chi connectivity index (χ3v) is 6.88. The molecule has 0 atom stereocenters. The summed E-state index contributed by atoms with van der Waals surface area (Å²) in [6, 6.07) is 13.8. The first-order valence-corrected chi connectivity index (χ1v) is 12.1. The highest BCUT2D eigenvalue weighted by molar-refractivity contribution is 7.80. The molecule has 0 unspecified atom stereocenters. The molecule has 0 aliphatic carbocycles. The molecule has 0 radical (unpaired) electrons. The third-order valence-electron chi connectivity index (χ3n) is 6.51. The molecule has 0 bridgehead atoms. The van der Waals surface area contributed by atoms with Gasteiger partial charge in [-0.05, 0) is 55.7 Å². The summed E-state index contributed by atoms with van der Waals surface area (Å²) in [5.41, 5.74) is 5.36. The minimum Gasteiger partial charge on any atom is -0.346 e. The molecule has 1 N–H and O–H groups in total. The average Bonchev–Trinajstić information content (AvgIpc) is 3.08. The van der Waals surface area contributed by atoms with Gasteiger partial charge in [0.15, 0.2) is 5.11 Å². The van der Waals surface area contributed by atoms with Crippen molar-refractivity contribution in [3.63, 3.8) is 0 Å². The average molecular weight is 502 g/mol. The molecule has 35 heavy (non-hydrogen) atoms. The van der Waals surface area contributed by atoms with Gasteiger partial charge >= 0.3 is 6.18 Å². The maximum absolute atomic E-state index is 13.0. The van der Waals surface area contributed by atoms with Gasteiger partial charge in [-0.25, -0.2) is 0 Å². The molecule has 0 amide bonds. The van der Waals surface area contributed by atoms with Crippen molar-refractivity contribution in [1.82, 2.24) is 19.6 Å². The molecular weight excluding hydrogens is 471 g/mol. The molecule has 0 saturated carbocycles. The van der Waals surface area contributed by atoms with Crippen LogP contribution in [0.2, 0.25) is 0 Å². The Morgan fingerprint density at radius 3 is 2.37 bits per heavy atom. The monoisotopic (exact) mass is 501 g/mol. The maximum Gasteiger partial charge on any atom is 0.416 e. The van der Waals surface area contributed by atoms with Gasteiger partial charge in [0.1, 0.15) is 0 Å². The summed E-state index contributed by atoms with van der Waals surface area (Å²) < 4.78 is 41.0. The van der Waals surface area contributed by atoms with Crippen molar-refractivity contribution < 1.29 is 13.2 Å². The Kier molecular flexibility index (Phi) is 7.47. The van der Waals surface area contributed by atoms with Crippen molar-refractivity contribution in [2.24, 2.45) is 0 Å². The van der Waals surface area contributed by atoms with Crippen LogP contribution in [0.15, 0.2) is 48.5 Å². The first-order chi connectivity index (χ1) is 16.6. The Balaban J connectivity index is 1.34. The standard InChI is InChI=1S/C26H30F3N5S/c1-18-7-4-5-9-22(18)17-34-20(3)24(19(2)31-34)30-25(35)33-13-11-32(12-14-33)16-21-8-6-10-23(15-21)26(27,28)29/h4-10,15H,11-14,16-17H2,1-3H3,(H,30,35). The van der Waals surface area contributed by atoms with Crippen LogP contribution in [-0.2, 0) is 19.3 Å². The molecule has 0 spiro atoms. The number of piperazine rings is 1. The quantitative estimate of drug-likeness (QED) is 0.475. The summed E-state index contributed by atoms with van der Waals surface area (Å²) in [6.45, 7) is 10.2. The van der Waals surface area contributed by atoms with Crippen LogP contribution in [0.1, 0.15) is 33.6 Å². The van der Waals surface area contributed by atoms with Crippen molar-refractivity contribution in [2.75, 3.05) is 31.5 Å². The number of halogens is 3. The van der Waals surface area contributed by atoms with Gasteiger partial charge in [-0.3, -0.25) is 9.58 Å². The molecule has 1 aliphatic heterocycles.